The van der Waals surface area contributed by atoms with Gasteiger partial charge in [0.15, 0.2) is 5.76 Å². The number of rotatable bonds is 6. The van der Waals surface area contributed by atoms with Gasteiger partial charge in [-0.3, -0.25) is 0 Å². The van der Waals surface area contributed by atoms with Crippen LogP contribution in [0.15, 0.2) is 65.4 Å². The summed E-state index contributed by atoms with van der Waals surface area (Å²) < 4.78 is 23.4. The van der Waals surface area contributed by atoms with E-state index in [0.717, 1.165) is 11.3 Å². The minimum absolute atomic E-state index is 0.0258. The van der Waals surface area contributed by atoms with E-state index in [0.29, 0.717) is 31.5 Å². The molecular weight excluding hydrogens is 358 g/mol. The van der Waals surface area contributed by atoms with Gasteiger partial charge in [0.2, 0.25) is 5.95 Å². The van der Waals surface area contributed by atoms with Crippen LogP contribution in [0.2, 0.25) is 0 Å². The molecule has 1 N–H and O–H groups in total. The minimum Gasteiger partial charge on any atom is -0.463 e. The molecule has 0 amide bonds. The summed E-state index contributed by atoms with van der Waals surface area (Å²) in [6, 6.07) is 15.6. The Balaban J connectivity index is 1.21. The first-order chi connectivity index (χ1) is 13.9. The Hall–Kier alpha value is -2.74. The van der Waals surface area contributed by atoms with E-state index in [2.05, 4.69) is 27.4 Å². The van der Waals surface area contributed by atoms with Gasteiger partial charge in [0.1, 0.15) is 24.0 Å². The summed E-state index contributed by atoms with van der Waals surface area (Å²) in [5, 5.41) is 3.34. The third-order valence-electron chi connectivity index (χ3n) is 5.06. The highest BCUT2D eigenvalue weighted by Gasteiger charge is 2.48. The lowest BCUT2D eigenvalue weighted by molar-refractivity contribution is -0.0388. The molecule has 2 aliphatic rings. The van der Waals surface area contributed by atoms with Crippen LogP contribution in [0.25, 0.3) is 11.5 Å². The zero-order valence-electron chi connectivity index (χ0n) is 15.2. The number of hydrogen-bond donors (Lipinski definition) is 1. The molecule has 0 aliphatic carbocycles. The fourth-order valence-corrected chi connectivity index (χ4v) is 3.66. The number of nitrogens with zero attached hydrogens (tertiary/aromatic N) is 2. The van der Waals surface area contributed by atoms with Gasteiger partial charge in [0.05, 0.1) is 32.1 Å². The molecule has 4 atom stereocenters. The van der Waals surface area contributed by atoms with Crippen molar-refractivity contribution in [2.75, 3.05) is 18.5 Å². The Bertz CT molecular complexity index is 903. The summed E-state index contributed by atoms with van der Waals surface area (Å²) in [7, 11) is 0. The summed E-state index contributed by atoms with van der Waals surface area (Å²) >= 11 is 0. The van der Waals surface area contributed by atoms with Crippen LogP contribution in [0.3, 0.4) is 0 Å². The molecule has 2 saturated heterocycles. The van der Waals surface area contributed by atoms with E-state index >= 15 is 0 Å². The average molecular weight is 379 g/mol. The highest BCUT2D eigenvalue weighted by molar-refractivity contribution is 5.53. The topological polar surface area (TPSA) is 78.6 Å². The molecule has 2 aromatic heterocycles. The standard InChI is InChI=1S/C21H21N3O4/c1-2-5-14(6-3-1)11-26-18-13-28-19-16(12-27-20(18)19)24-21-22-9-8-15(23-21)17-7-4-10-25-17/h1-10,16,18-20H,11-13H2,(H,22,23,24). The monoisotopic (exact) mass is 379 g/mol. The summed E-state index contributed by atoms with van der Waals surface area (Å²) in [4.78, 5) is 8.85. The molecular formula is C21H21N3O4. The van der Waals surface area contributed by atoms with Gasteiger partial charge >= 0.3 is 0 Å². The number of benzene rings is 1. The van der Waals surface area contributed by atoms with Crippen LogP contribution in [-0.4, -0.2) is 47.5 Å². The zero-order chi connectivity index (χ0) is 18.8. The maximum Gasteiger partial charge on any atom is 0.223 e. The first-order valence-electron chi connectivity index (χ1n) is 9.39. The van der Waals surface area contributed by atoms with E-state index in [1.54, 1.807) is 12.5 Å². The van der Waals surface area contributed by atoms with Gasteiger partial charge < -0.3 is 23.9 Å². The van der Waals surface area contributed by atoms with Gasteiger partial charge in [-0.1, -0.05) is 30.3 Å². The molecule has 7 nitrogen and oxygen atoms in total. The number of fused-ring (bicyclic) bond motifs is 1. The van der Waals surface area contributed by atoms with E-state index < -0.39 is 0 Å². The Morgan fingerprint density at radius 1 is 1.00 bits per heavy atom. The number of ether oxygens (including phenoxy) is 3. The van der Waals surface area contributed by atoms with E-state index in [1.807, 2.05) is 36.4 Å². The quantitative estimate of drug-likeness (QED) is 0.705. The predicted octanol–water partition coefficient (Wildman–Crippen LogP) is 2.90. The Morgan fingerprint density at radius 2 is 1.89 bits per heavy atom. The summed E-state index contributed by atoms with van der Waals surface area (Å²) in [5.74, 6) is 1.23. The third-order valence-corrected chi connectivity index (χ3v) is 5.06. The predicted molar refractivity (Wildman–Crippen MR) is 102 cm³/mol. The van der Waals surface area contributed by atoms with Gasteiger partial charge in [-0.15, -0.1) is 0 Å². The maximum atomic E-state index is 6.05. The average Bonchev–Trinajstić information content (AvgIpc) is 3.47. The minimum atomic E-state index is -0.0885. The second-order valence-electron chi connectivity index (χ2n) is 6.92. The summed E-state index contributed by atoms with van der Waals surface area (Å²) in [6.07, 6.45) is 3.09. The Kier molecular flexibility index (Phi) is 4.78. The molecule has 0 spiro atoms. The van der Waals surface area contributed by atoms with Crippen molar-refractivity contribution in [1.82, 2.24) is 9.97 Å². The number of aromatic nitrogens is 2. The molecule has 1 aromatic carbocycles. The van der Waals surface area contributed by atoms with Crippen molar-refractivity contribution in [2.45, 2.75) is 31.0 Å². The molecule has 0 bridgehead atoms. The van der Waals surface area contributed by atoms with Gasteiger partial charge in [0, 0.05) is 6.20 Å². The van der Waals surface area contributed by atoms with Gasteiger partial charge in [0.25, 0.3) is 0 Å². The van der Waals surface area contributed by atoms with Crippen molar-refractivity contribution in [1.29, 1.82) is 0 Å². The van der Waals surface area contributed by atoms with E-state index in [-0.39, 0.29) is 24.4 Å². The maximum absolute atomic E-state index is 6.05. The van der Waals surface area contributed by atoms with Crippen molar-refractivity contribution in [3.8, 4) is 11.5 Å². The largest absolute Gasteiger partial charge is 0.463 e. The molecule has 4 unspecified atom stereocenters. The van der Waals surface area contributed by atoms with Crippen LogP contribution in [0, 0.1) is 0 Å². The fourth-order valence-electron chi connectivity index (χ4n) is 3.66. The molecule has 28 heavy (non-hydrogen) atoms. The number of nitrogens with one attached hydrogen (secondary N) is 1. The molecule has 3 aromatic rings. The highest BCUT2D eigenvalue weighted by Crippen LogP contribution is 2.31. The molecule has 2 fully saturated rings. The normalized spacial score (nSPS) is 26.3. The first kappa shape index (κ1) is 17.4. The Morgan fingerprint density at radius 3 is 2.75 bits per heavy atom. The molecule has 0 radical (unpaired) electrons. The smallest absolute Gasteiger partial charge is 0.223 e. The second-order valence-corrected chi connectivity index (χ2v) is 6.92. The van der Waals surface area contributed by atoms with Crippen LogP contribution in [0.1, 0.15) is 5.56 Å². The highest BCUT2D eigenvalue weighted by atomic mass is 16.6. The summed E-state index contributed by atoms with van der Waals surface area (Å²) in [5.41, 5.74) is 1.87. The Labute approximate surface area is 162 Å². The van der Waals surface area contributed by atoms with E-state index in [4.69, 9.17) is 18.6 Å². The van der Waals surface area contributed by atoms with Crippen LogP contribution < -0.4 is 5.32 Å². The van der Waals surface area contributed by atoms with E-state index in [1.165, 1.54) is 0 Å². The number of furan rings is 1. The lowest BCUT2D eigenvalue weighted by atomic mass is 10.1. The first-order valence-corrected chi connectivity index (χ1v) is 9.39. The summed E-state index contributed by atoms with van der Waals surface area (Å²) in [6.45, 7) is 1.59. The van der Waals surface area contributed by atoms with Gasteiger partial charge in [-0.05, 0) is 23.8 Å². The lowest BCUT2D eigenvalue weighted by Gasteiger charge is -2.18. The van der Waals surface area contributed by atoms with Crippen LogP contribution in [-0.2, 0) is 20.8 Å². The second kappa shape index (κ2) is 7.71. The molecule has 0 saturated carbocycles. The van der Waals surface area contributed by atoms with Crippen molar-refractivity contribution in [2.24, 2.45) is 0 Å². The van der Waals surface area contributed by atoms with Crippen LogP contribution >= 0.6 is 0 Å². The third kappa shape index (κ3) is 3.52. The SMILES string of the molecule is c1ccc(COC2COC3C(Nc4nccc(-c5ccco5)n4)COC23)cc1. The lowest BCUT2D eigenvalue weighted by Crippen LogP contribution is -2.37. The fraction of sp³-hybridized carbons (Fsp3) is 0.333. The molecule has 2 aliphatic heterocycles. The van der Waals surface area contributed by atoms with E-state index in [9.17, 15) is 0 Å². The van der Waals surface area contributed by atoms with Crippen molar-refractivity contribution < 1.29 is 18.6 Å². The van der Waals surface area contributed by atoms with Crippen molar-refractivity contribution in [3.05, 3.63) is 66.6 Å². The number of hydrogen-bond acceptors (Lipinski definition) is 7. The van der Waals surface area contributed by atoms with Crippen molar-refractivity contribution >= 4 is 5.95 Å². The molecule has 5 rings (SSSR count). The zero-order valence-corrected chi connectivity index (χ0v) is 15.2. The van der Waals surface area contributed by atoms with Crippen LogP contribution in [0.5, 0.6) is 0 Å². The molecule has 7 heteroatoms. The molecule has 4 heterocycles. The van der Waals surface area contributed by atoms with Gasteiger partial charge in [-0.25, -0.2) is 9.97 Å². The van der Waals surface area contributed by atoms with Crippen molar-refractivity contribution in [3.63, 3.8) is 0 Å². The molecule has 144 valence electrons. The van der Waals surface area contributed by atoms with Crippen LogP contribution in [0.4, 0.5) is 5.95 Å². The van der Waals surface area contributed by atoms with Gasteiger partial charge in [-0.2, -0.15) is 0 Å². The number of anilines is 1.